The maximum absolute atomic E-state index is 13.1. The molecule has 1 heterocycles. The van der Waals surface area contributed by atoms with Crippen molar-refractivity contribution in [3.63, 3.8) is 0 Å². The summed E-state index contributed by atoms with van der Waals surface area (Å²) in [6.07, 6.45) is -4.37. The van der Waals surface area contributed by atoms with Crippen LogP contribution in [-0.4, -0.2) is 34.1 Å². The Kier molecular flexibility index (Phi) is 5.56. The first-order valence-corrected chi connectivity index (χ1v) is 9.20. The third-order valence-electron chi connectivity index (χ3n) is 4.92. The Labute approximate surface area is 157 Å². The SMILES string of the molecule is CCN(CC)CCn1c(-c2ccc(C)cc2)nc2cc(C(F)(F)F)ccc21. The van der Waals surface area contributed by atoms with Crippen molar-refractivity contribution >= 4 is 11.0 Å². The highest BCUT2D eigenvalue weighted by molar-refractivity contribution is 5.81. The molecule has 3 aromatic rings. The lowest BCUT2D eigenvalue weighted by Gasteiger charge is -2.19. The number of likely N-dealkylation sites (N-methyl/N-ethyl adjacent to an activating group) is 1. The second kappa shape index (κ2) is 7.72. The monoisotopic (exact) mass is 375 g/mol. The van der Waals surface area contributed by atoms with Crippen LogP contribution in [-0.2, 0) is 12.7 Å². The number of fused-ring (bicyclic) bond motifs is 1. The fourth-order valence-electron chi connectivity index (χ4n) is 3.24. The molecule has 0 aliphatic carbocycles. The first-order valence-electron chi connectivity index (χ1n) is 9.20. The average molecular weight is 375 g/mol. The zero-order chi connectivity index (χ0) is 19.6. The number of aromatic nitrogens is 2. The van der Waals surface area contributed by atoms with Crippen LogP contribution in [0, 0.1) is 6.92 Å². The third-order valence-corrected chi connectivity index (χ3v) is 4.92. The van der Waals surface area contributed by atoms with E-state index in [4.69, 9.17) is 0 Å². The lowest BCUT2D eigenvalue weighted by Crippen LogP contribution is -2.27. The maximum atomic E-state index is 13.1. The van der Waals surface area contributed by atoms with Crippen molar-refractivity contribution in [2.75, 3.05) is 19.6 Å². The number of hydrogen-bond acceptors (Lipinski definition) is 2. The van der Waals surface area contributed by atoms with E-state index in [9.17, 15) is 13.2 Å². The molecule has 27 heavy (non-hydrogen) atoms. The molecule has 0 atom stereocenters. The molecule has 6 heteroatoms. The minimum absolute atomic E-state index is 0.375. The van der Waals surface area contributed by atoms with E-state index in [0.717, 1.165) is 48.4 Å². The van der Waals surface area contributed by atoms with Gasteiger partial charge in [-0.25, -0.2) is 4.98 Å². The molecule has 0 fully saturated rings. The topological polar surface area (TPSA) is 21.1 Å². The van der Waals surface area contributed by atoms with E-state index in [1.54, 1.807) is 0 Å². The highest BCUT2D eigenvalue weighted by atomic mass is 19.4. The molecule has 0 aliphatic heterocycles. The maximum Gasteiger partial charge on any atom is 0.416 e. The Morgan fingerprint density at radius 3 is 2.26 bits per heavy atom. The van der Waals surface area contributed by atoms with Crippen LogP contribution in [0.5, 0.6) is 0 Å². The van der Waals surface area contributed by atoms with Crippen LogP contribution in [0.3, 0.4) is 0 Å². The van der Waals surface area contributed by atoms with E-state index in [1.807, 2.05) is 35.8 Å². The fourth-order valence-corrected chi connectivity index (χ4v) is 3.24. The summed E-state index contributed by atoms with van der Waals surface area (Å²) in [5.74, 6) is 0.705. The van der Waals surface area contributed by atoms with E-state index in [1.165, 1.54) is 6.07 Å². The lowest BCUT2D eigenvalue weighted by molar-refractivity contribution is -0.137. The van der Waals surface area contributed by atoms with Gasteiger partial charge >= 0.3 is 6.18 Å². The van der Waals surface area contributed by atoms with Crippen LogP contribution in [0.25, 0.3) is 22.4 Å². The zero-order valence-corrected chi connectivity index (χ0v) is 15.8. The quantitative estimate of drug-likeness (QED) is 0.577. The molecule has 1 aromatic heterocycles. The summed E-state index contributed by atoms with van der Waals surface area (Å²) in [5, 5.41) is 0. The molecule has 0 N–H and O–H groups in total. The average Bonchev–Trinajstić information content (AvgIpc) is 3.00. The first kappa shape index (κ1) is 19.4. The Morgan fingerprint density at radius 1 is 1.00 bits per heavy atom. The van der Waals surface area contributed by atoms with Crippen LogP contribution in [0.15, 0.2) is 42.5 Å². The summed E-state index contributed by atoms with van der Waals surface area (Å²) < 4.78 is 41.3. The summed E-state index contributed by atoms with van der Waals surface area (Å²) in [5.41, 5.74) is 2.47. The van der Waals surface area contributed by atoms with Gasteiger partial charge in [-0.1, -0.05) is 43.7 Å². The number of halogens is 3. The van der Waals surface area contributed by atoms with Gasteiger partial charge in [0.15, 0.2) is 0 Å². The van der Waals surface area contributed by atoms with Crippen molar-refractivity contribution in [1.82, 2.24) is 14.5 Å². The molecule has 2 aromatic carbocycles. The Balaban J connectivity index is 2.10. The molecule has 3 nitrogen and oxygen atoms in total. The van der Waals surface area contributed by atoms with Crippen LogP contribution in [0.2, 0.25) is 0 Å². The molecular weight excluding hydrogens is 351 g/mol. The standard InChI is InChI=1S/C21H24F3N3/c1-4-26(5-2)12-13-27-19-11-10-17(21(22,23)24)14-18(19)25-20(27)16-8-6-15(3)7-9-16/h6-11,14H,4-5,12-13H2,1-3H3. The highest BCUT2D eigenvalue weighted by Crippen LogP contribution is 2.33. The number of aryl methyl sites for hydroxylation is 1. The summed E-state index contributed by atoms with van der Waals surface area (Å²) >= 11 is 0. The molecule has 3 rings (SSSR count). The third kappa shape index (κ3) is 4.16. The van der Waals surface area contributed by atoms with E-state index in [-0.39, 0.29) is 0 Å². The molecule has 0 bridgehead atoms. The first-order chi connectivity index (χ1) is 12.8. The molecule has 0 saturated heterocycles. The van der Waals surface area contributed by atoms with Crippen molar-refractivity contribution in [2.45, 2.75) is 33.5 Å². The van der Waals surface area contributed by atoms with Gasteiger partial charge in [0.25, 0.3) is 0 Å². The van der Waals surface area contributed by atoms with E-state index in [2.05, 4.69) is 23.7 Å². The summed E-state index contributed by atoms with van der Waals surface area (Å²) in [4.78, 5) is 6.85. The Morgan fingerprint density at radius 2 is 1.67 bits per heavy atom. The zero-order valence-electron chi connectivity index (χ0n) is 15.8. The van der Waals surface area contributed by atoms with Crippen LogP contribution in [0.4, 0.5) is 13.2 Å². The van der Waals surface area contributed by atoms with Gasteiger partial charge in [-0.3, -0.25) is 0 Å². The molecule has 0 radical (unpaired) electrons. The molecule has 0 aliphatic rings. The molecule has 0 saturated carbocycles. The van der Waals surface area contributed by atoms with Gasteiger partial charge in [-0.2, -0.15) is 13.2 Å². The van der Waals surface area contributed by atoms with Gasteiger partial charge in [0.1, 0.15) is 5.82 Å². The highest BCUT2D eigenvalue weighted by Gasteiger charge is 2.31. The molecule has 0 unspecified atom stereocenters. The smallest absolute Gasteiger partial charge is 0.323 e. The minimum Gasteiger partial charge on any atom is -0.323 e. The van der Waals surface area contributed by atoms with Crippen molar-refractivity contribution in [1.29, 1.82) is 0 Å². The minimum atomic E-state index is -4.37. The van der Waals surface area contributed by atoms with Gasteiger partial charge in [0.05, 0.1) is 16.6 Å². The van der Waals surface area contributed by atoms with Crippen molar-refractivity contribution in [2.24, 2.45) is 0 Å². The second-order valence-corrected chi connectivity index (χ2v) is 6.68. The number of imidazole rings is 1. The Hall–Kier alpha value is -2.34. The van der Waals surface area contributed by atoms with Crippen molar-refractivity contribution < 1.29 is 13.2 Å². The normalized spacial score (nSPS) is 12.3. The van der Waals surface area contributed by atoms with E-state index < -0.39 is 11.7 Å². The van der Waals surface area contributed by atoms with Crippen molar-refractivity contribution in [3.05, 3.63) is 53.6 Å². The van der Waals surface area contributed by atoms with E-state index >= 15 is 0 Å². The molecule has 144 valence electrons. The predicted molar refractivity (Wildman–Crippen MR) is 103 cm³/mol. The molecule has 0 spiro atoms. The van der Waals surface area contributed by atoms with E-state index in [0.29, 0.717) is 17.9 Å². The number of nitrogens with zero attached hydrogens (tertiary/aromatic N) is 3. The van der Waals surface area contributed by atoms with Crippen LogP contribution < -0.4 is 0 Å². The van der Waals surface area contributed by atoms with Gasteiger partial charge in [0, 0.05) is 18.7 Å². The van der Waals surface area contributed by atoms with Gasteiger partial charge < -0.3 is 9.47 Å². The fraction of sp³-hybridized carbons (Fsp3) is 0.381. The summed E-state index contributed by atoms with van der Waals surface area (Å²) in [7, 11) is 0. The lowest BCUT2D eigenvalue weighted by atomic mass is 10.1. The van der Waals surface area contributed by atoms with Crippen molar-refractivity contribution in [3.8, 4) is 11.4 Å². The van der Waals surface area contributed by atoms with Gasteiger partial charge in [0.2, 0.25) is 0 Å². The number of hydrogen-bond donors (Lipinski definition) is 0. The molecule has 0 amide bonds. The molecular formula is C21H24F3N3. The Bertz CT molecular complexity index is 907. The van der Waals surface area contributed by atoms with Crippen LogP contribution >= 0.6 is 0 Å². The number of alkyl halides is 3. The largest absolute Gasteiger partial charge is 0.416 e. The second-order valence-electron chi connectivity index (χ2n) is 6.68. The number of rotatable bonds is 6. The predicted octanol–water partition coefficient (Wildman–Crippen LogP) is 5.37. The van der Waals surface area contributed by atoms with Crippen LogP contribution in [0.1, 0.15) is 25.0 Å². The number of benzene rings is 2. The summed E-state index contributed by atoms with van der Waals surface area (Å²) in [6.45, 7) is 9.56. The van der Waals surface area contributed by atoms with Gasteiger partial charge in [-0.15, -0.1) is 0 Å². The summed E-state index contributed by atoms with van der Waals surface area (Å²) in [6, 6.07) is 11.7. The van der Waals surface area contributed by atoms with Gasteiger partial charge in [-0.05, 0) is 38.2 Å².